The van der Waals surface area contributed by atoms with E-state index in [4.69, 9.17) is 10.2 Å². The first-order valence-electron chi connectivity index (χ1n) is 8.18. The molecule has 132 valence electrons. The Balaban J connectivity index is 2.09. The highest BCUT2D eigenvalue weighted by atomic mass is 16.4. The number of nitrogens with one attached hydrogen (secondary N) is 1. The lowest BCUT2D eigenvalue weighted by molar-refractivity contribution is -0.112. The molecule has 0 radical (unpaired) electrons. The lowest BCUT2D eigenvalue weighted by atomic mass is 10.00. The number of amides is 1. The van der Waals surface area contributed by atoms with Crippen LogP contribution in [0.15, 0.2) is 36.0 Å². The van der Waals surface area contributed by atoms with E-state index in [2.05, 4.69) is 5.32 Å². The van der Waals surface area contributed by atoms with E-state index in [0.29, 0.717) is 12.1 Å². The Bertz CT molecular complexity index is 689. The molecule has 25 heavy (non-hydrogen) atoms. The van der Waals surface area contributed by atoms with Gasteiger partial charge in [-0.25, -0.2) is 4.79 Å². The Morgan fingerprint density at radius 2 is 2.04 bits per heavy atom. The van der Waals surface area contributed by atoms with E-state index in [-0.39, 0.29) is 23.8 Å². The number of carbonyl (C=O) groups is 2. The maximum Gasteiger partial charge on any atom is 0.335 e. The number of hydrogen-bond donors (Lipinski definition) is 3. The molecule has 1 saturated heterocycles. The quantitative estimate of drug-likeness (QED) is 0.537. The van der Waals surface area contributed by atoms with Crippen molar-refractivity contribution >= 4 is 17.6 Å². The Kier molecular flexibility index (Phi) is 6.54. The fourth-order valence-corrected chi connectivity index (χ4v) is 2.85. The molecule has 0 saturated carbocycles. The second kappa shape index (κ2) is 8.85. The molecule has 0 spiro atoms. The summed E-state index contributed by atoms with van der Waals surface area (Å²) in [6.45, 7) is 0.815. The second-order valence-corrected chi connectivity index (χ2v) is 5.89. The minimum atomic E-state index is -1.05. The fourth-order valence-electron chi connectivity index (χ4n) is 2.85. The highest BCUT2D eigenvalue weighted by molar-refractivity contribution is 6.06. The highest BCUT2D eigenvalue weighted by Gasteiger charge is 2.21. The Morgan fingerprint density at radius 1 is 1.32 bits per heavy atom. The number of rotatable bonds is 6. The number of carboxylic acids is 1. The number of carboxylic acid groups (broad SMARTS) is 1. The van der Waals surface area contributed by atoms with Gasteiger partial charge in [0.15, 0.2) is 0 Å². The van der Waals surface area contributed by atoms with Crippen LogP contribution in [0.25, 0.3) is 0 Å². The number of aromatic carboxylic acids is 1. The topological polar surface area (TPSA) is 114 Å². The number of aliphatic hydroxyl groups is 1. The van der Waals surface area contributed by atoms with Gasteiger partial charge in [-0.2, -0.15) is 5.26 Å². The molecule has 1 amide bonds. The standard InChI is InChI=1S/C18H21N3O4/c19-11-14(12-21-9-2-1-3-16(21)8-10-22)17(23)20-15-6-4-13(5-7-15)18(24)25/h4-7,12,16,22H,1-3,8-10H2,(H,20,23)(H,24,25)/b14-12-. The van der Waals surface area contributed by atoms with Crippen LogP contribution in [0, 0.1) is 11.3 Å². The Labute approximate surface area is 146 Å². The SMILES string of the molecule is N#C/C(=C/N1CCCCC1CCO)C(=O)Nc1ccc(C(=O)O)cc1. The molecule has 1 aromatic rings. The molecule has 1 unspecified atom stereocenters. The van der Waals surface area contributed by atoms with Crippen molar-refractivity contribution < 1.29 is 19.8 Å². The third-order valence-electron chi connectivity index (χ3n) is 4.18. The molecule has 1 aliphatic rings. The first kappa shape index (κ1) is 18.5. The van der Waals surface area contributed by atoms with Crippen LogP contribution in [-0.4, -0.2) is 46.2 Å². The van der Waals surface area contributed by atoms with Crippen molar-refractivity contribution in [3.05, 3.63) is 41.6 Å². The molecule has 7 nitrogen and oxygen atoms in total. The molecular formula is C18H21N3O4. The second-order valence-electron chi connectivity index (χ2n) is 5.89. The van der Waals surface area contributed by atoms with Gasteiger partial charge in [0.1, 0.15) is 11.6 Å². The largest absolute Gasteiger partial charge is 0.478 e. The van der Waals surface area contributed by atoms with E-state index in [1.165, 1.54) is 24.3 Å². The number of carbonyl (C=O) groups excluding carboxylic acids is 1. The molecule has 0 aromatic heterocycles. The maximum atomic E-state index is 12.3. The molecule has 3 N–H and O–H groups in total. The zero-order chi connectivity index (χ0) is 18.2. The average molecular weight is 343 g/mol. The van der Waals surface area contributed by atoms with Crippen LogP contribution in [0.4, 0.5) is 5.69 Å². The minimum absolute atomic E-state index is 0.0212. The molecule has 1 heterocycles. The number of aliphatic hydroxyl groups excluding tert-OH is 1. The molecule has 1 atom stereocenters. The predicted octanol–water partition coefficient (Wildman–Crippen LogP) is 1.97. The predicted molar refractivity (Wildman–Crippen MR) is 91.8 cm³/mol. The summed E-state index contributed by atoms with van der Waals surface area (Å²) in [4.78, 5) is 25.1. The van der Waals surface area contributed by atoms with Gasteiger partial charge in [-0.1, -0.05) is 0 Å². The van der Waals surface area contributed by atoms with E-state index in [0.717, 1.165) is 25.8 Å². The lowest BCUT2D eigenvalue weighted by Crippen LogP contribution is -2.37. The summed E-state index contributed by atoms with van der Waals surface area (Å²) < 4.78 is 0. The van der Waals surface area contributed by atoms with Gasteiger partial charge < -0.3 is 20.4 Å². The summed E-state index contributed by atoms with van der Waals surface area (Å²) in [5, 5.41) is 29.9. The molecule has 2 rings (SSSR count). The van der Waals surface area contributed by atoms with Crippen LogP contribution in [-0.2, 0) is 4.79 Å². The number of likely N-dealkylation sites (tertiary alicyclic amines) is 1. The highest BCUT2D eigenvalue weighted by Crippen LogP contribution is 2.21. The summed E-state index contributed by atoms with van der Waals surface area (Å²) in [5.74, 6) is -1.59. The fraction of sp³-hybridized carbons (Fsp3) is 0.389. The summed E-state index contributed by atoms with van der Waals surface area (Å²) in [5.41, 5.74) is 0.517. The molecule has 1 aliphatic heterocycles. The third kappa shape index (κ3) is 5.06. The molecule has 7 heteroatoms. The van der Waals surface area contributed by atoms with E-state index in [1.54, 1.807) is 6.20 Å². The van der Waals surface area contributed by atoms with Gasteiger partial charge in [0.2, 0.25) is 0 Å². The van der Waals surface area contributed by atoms with E-state index < -0.39 is 11.9 Å². The number of benzene rings is 1. The van der Waals surface area contributed by atoms with E-state index in [1.807, 2.05) is 11.0 Å². The van der Waals surface area contributed by atoms with Crippen molar-refractivity contribution in [1.82, 2.24) is 4.90 Å². The van der Waals surface area contributed by atoms with E-state index in [9.17, 15) is 14.9 Å². The van der Waals surface area contributed by atoms with Gasteiger partial charge in [-0.3, -0.25) is 4.79 Å². The van der Waals surface area contributed by atoms with Gasteiger partial charge in [0, 0.05) is 31.1 Å². The van der Waals surface area contributed by atoms with Gasteiger partial charge >= 0.3 is 5.97 Å². The minimum Gasteiger partial charge on any atom is -0.478 e. The monoisotopic (exact) mass is 343 g/mol. The van der Waals surface area contributed by atoms with Gasteiger partial charge in [0.25, 0.3) is 5.91 Å². The van der Waals surface area contributed by atoms with Crippen LogP contribution in [0.1, 0.15) is 36.0 Å². The maximum absolute atomic E-state index is 12.3. The van der Waals surface area contributed by atoms with Crippen molar-refractivity contribution in [2.45, 2.75) is 31.7 Å². The van der Waals surface area contributed by atoms with Crippen LogP contribution in [0.2, 0.25) is 0 Å². The van der Waals surface area contributed by atoms with Crippen LogP contribution < -0.4 is 5.32 Å². The van der Waals surface area contributed by atoms with Crippen molar-refractivity contribution in [2.24, 2.45) is 0 Å². The number of piperidine rings is 1. The molecular weight excluding hydrogens is 322 g/mol. The van der Waals surface area contributed by atoms with Crippen molar-refractivity contribution in [1.29, 1.82) is 5.26 Å². The molecule has 1 fully saturated rings. The number of anilines is 1. The Morgan fingerprint density at radius 3 is 2.64 bits per heavy atom. The van der Waals surface area contributed by atoms with Gasteiger partial charge in [-0.05, 0) is 49.9 Å². The van der Waals surface area contributed by atoms with Crippen LogP contribution in [0.5, 0.6) is 0 Å². The lowest BCUT2D eigenvalue weighted by Gasteiger charge is -2.34. The molecule has 0 bridgehead atoms. The molecule has 1 aromatic carbocycles. The van der Waals surface area contributed by atoms with Gasteiger partial charge in [-0.15, -0.1) is 0 Å². The smallest absolute Gasteiger partial charge is 0.335 e. The zero-order valence-corrected chi connectivity index (χ0v) is 13.8. The zero-order valence-electron chi connectivity index (χ0n) is 13.8. The number of nitriles is 1. The van der Waals surface area contributed by atoms with Crippen molar-refractivity contribution in [3.8, 4) is 6.07 Å². The number of nitrogens with zero attached hydrogens (tertiary/aromatic N) is 2. The van der Waals surface area contributed by atoms with Crippen LogP contribution >= 0.6 is 0 Å². The summed E-state index contributed by atoms with van der Waals surface area (Å²) in [6.07, 6.45) is 5.14. The van der Waals surface area contributed by atoms with Gasteiger partial charge in [0.05, 0.1) is 5.56 Å². The first-order valence-corrected chi connectivity index (χ1v) is 8.18. The van der Waals surface area contributed by atoms with E-state index >= 15 is 0 Å². The average Bonchev–Trinajstić information content (AvgIpc) is 2.61. The first-order chi connectivity index (χ1) is 12.0. The summed E-state index contributed by atoms with van der Waals surface area (Å²) >= 11 is 0. The number of hydrogen-bond acceptors (Lipinski definition) is 5. The summed E-state index contributed by atoms with van der Waals surface area (Å²) in [6, 6.07) is 7.77. The van der Waals surface area contributed by atoms with Crippen molar-refractivity contribution in [3.63, 3.8) is 0 Å². The van der Waals surface area contributed by atoms with Crippen molar-refractivity contribution in [2.75, 3.05) is 18.5 Å². The van der Waals surface area contributed by atoms with Crippen LogP contribution in [0.3, 0.4) is 0 Å². The summed E-state index contributed by atoms with van der Waals surface area (Å²) in [7, 11) is 0. The Hall–Kier alpha value is -2.85. The normalized spacial score (nSPS) is 17.7. The molecule has 0 aliphatic carbocycles. The third-order valence-corrected chi connectivity index (χ3v) is 4.18.